The van der Waals surface area contributed by atoms with Crippen LogP contribution in [0.2, 0.25) is 5.02 Å². The van der Waals surface area contributed by atoms with Crippen LogP contribution in [0, 0.1) is 0 Å². The molecule has 0 spiro atoms. The number of urea groups is 1. The highest BCUT2D eigenvalue weighted by molar-refractivity contribution is 6.30. The summed E-state index contributed by atoms with van der Waals surface area (Å²) in [5.41, 5.74) is 0.763. The van der Waals surface area contributed by atoms with Crippen LogP contribution >= 0.6 is 11.6 Å². The molecule has 1 aromatic carbocycles. The SMILES string of the molecule is O=C(Nc1cccc(Cl)c1)N1CCCC1CN1CCCC1. The summed E-state index contributed by atoms with van der Waals surface area (Å²) in [6.07, 6.45) is 4.80. The normalized spacial score (nSPS) is 22.7. The van der Waals surface area contributed by atoms with Gasteiger partial charge in [0.25, 0.3) is 0 Å². The van der Waals surface area contributed by atoms with E-state index in [0.717, 1.165) is 31.6 Å². The van der Waals surface area contributed by atoms with Gasteiger partial charge in [0.15, 0.2) is 0 Å². The second-order valence-corrected chi connectivity index (χ2v) is 6.37. The van der Waals surface area contributed by atoms with Crippen molar-refractivity contribution in [2.75, 3.05) is 31.5 Å². The summed E-state index contributed by atoms with van der Waals surface area (Å²) in [6, 6.07) is 7.66. The number of hydrogen-bond acceptors (Lipinski definition) is 2. The molecule has 2 aliphatic heterocycles. The van der Waals surface area contributed by atoms with Gasteiger partial charge in [0.2, 0.25) is 0 Å². The number of hydrogen-bond donors (Lipinski definition) is 1. The number of nitrogens with zero attached hydrogens (tertiary/aromatic N) is 2. The Balaban J connectivity index is 1.60. The zero-order valence-corrected chi connectivity index (χ0v) is 13.0. The lowest BCUT2D eigenvalue weighted by molar-refractivity contribution is 0.186. The minimum Gasteiger partial charge on any atom is -0.320 e. The molecule has 2 fully saturated rings. The van der Waals surface area contributed by atoms with Crippen LogP contribution in [0.5, 0.6) is 0 Å². The van der Waals surface area contributed by atoms with Gasteiger partial charge >= 0.3 is 6.03 Å². The molecule has 1 N–H and O–H groups in total. The van der Waals surface area contributed by atoms with Crippen LogP contribution in [0.15, 0.2) is 24.3 Å². The van der Waals surface area contributed by atoms with Crippen molar-refractivity contribution in [1.29, 1.82) is 0 Å². The van der Waals surface area contributed by atoms with E-state index in [1.807, 2.05) is 23.1 Å². The van der Waals surface area contributed by atoms with Gasteiger partial charge < -0.3 is 15.1 Å². The van der Waals surface area contributed by atoms with Gasteiger partial charge in [-0.15, -0.1) is 0 Å². The van der Waals surface area contributed by atoms with Crippen molar-refractivity contribution in [2.24, 2.45) is 0 Å². The predicted octanol–water partition coefficient (Wildman–Crippen LogP) is 3.43. The molecule has 2 heterocycles. The van der Waals surface area contributed by atoms with Crippen molar-refractivity contribution in [2.45, 2.75) is 31.7 Å². The summed E-state index contributed by atoms with van der Waals surface area (Å²) in [4.78, 5) is 16.9. The van der Waals surface area contributed by atoms with Crippen LogP contribution in [0.25, 0.3) is 0 Å². The quantitative estimate of drug-likeness (QED) is 0.928. The molecule has 2 saturated heterocycles. The predicted molar refractivity (Wildman–Crippen MR) is 85.9 cm³/mol. The van der Waals surface area contributed by atoms with Crippen LogP contribution in [0.3, 0.4) is 0 Å². The maximum atomic E-state index is 12.5. The second-order valence-electron chi connectivity index (χ2n) is 5.94. The highest BCUT2D eigenvalue weighted by atomic mass is 35.5. The largest absolute Gasteiger partial charge is 0.322 e. The van der Waals surface area contributed by atoms with E-state index in [9.17, 15) is 4.79 Å². The third-order valence-corrected chi connectivity index (χ3v) is 4.62. The third kappa shape index (κ3) is 3.69. The van der Waals surface area contributed by atoms with Gasteiger partial charge in [0, 0.05) is 29.8 Å². The molecule has 0 bridgehead atoms. The van der Waals surface area contributed by atoms with E-state index in [0.29, 0.717) is 11.1 Å². The number of amides is 2. The second kappa shape index (κ2) is 6.67. The number of carbonyl (C=O) groups is 1. The fourth-order valence-corrected chi connectivity index (χ4v) is 3.51. The molecule has 2 aliphatic rings. The molecule has 1 atom stereocenters. The fourth-order valence-electron chi connectivity index (χ4n) is 3.32. The number of anilines is 1. The number of halogens is 1. The molecule has 4 nitrogen and oxygen atoms in total. The summed E-state index contributed by atoms with van der Waals surface area (Å²) in [5.74, 6) is 0. The zero-order chi connectivity index (χ0) is 14.7. The summed E-state index contributed by atoms with van der Waals surface area (Å²) in [7, 11) is 0. The summed E-state index contributed by atoms with van der Waals surface area (Å²) < 4.78 is 0. The van der Waals surface area contributed by atoms with Gasteiger partial charge in [-0.3, -0.25) is 0 Å². The van der Waals surface area contributed by atoms with Crippen molar-refractivity contribution in [3.63, 3.8) is 0 Å². The maximum Gasteiger partial charge on any atom is 0.322 e. The van der Waals surface area contributed by atoms with Crippen LogP contribution < -0.4 is 5.32 Å². The average Bonchev–Trinajstić information content (AvgIpc) is 3.10. The summed E-state index contributed by atoms with van der Waals surface area (Å²) in [5, 5.41) is 3.61. The van der Waals surface area contributed by atoms with Crippen LogP contribution in [0.1, 0.15) is 25.7 Å². The van der Waals surface area contributed by atoms with Crippen molar-refractivity contribution in [1.82, 2.24) is 9.80 Å². The molecular formula is C16H22ClN3O. The van der Waals surface area contributed by atoms with E-state index in [1.165, 1.54) is 25.9 Å². The number of benzene rings is 1. The van der Waals surface area contributed by atoms with E-state index in [4.69, 9.17) is 11.6 Å². The number of carbonyl (C=O) groups excluding carboxylic acids is 1. The lowest BCUT2D eigenvalue weighted by Gasteiger charge is -2.28. The average molecular weight is 308 g/mol. The maximum absolute atomic E-state index is 12.5. The molecule has 1 unspecified atom stereocenters. The zero-order valence-electron chi connectivity index (χ0n) is 12.2. The Hall–Kier alpha value is -1.26. The first kappa shape index (κ1) is 14.7. The van der Waals surface area contributed by atoms with E-state index < -0.39 is 0 Å². The van der Waals surface area contributed by atoms with Crippen LogP contribution in [0.4, 0.5) is 10.5 Å². The molecule has 0 saturated carbocycles. The lowest BCUT2D eigenvalue weighted by atomic mass is 10.2. The first-order valence-corrected chi connectivity index (χ1v) is 8.16. The highest BCUT2D eigenvalue weighted by Gasteiger charge is 2.30. The molecule has 0 aromatic heterocycles. The Morgan fingerprint density at radius 2 is 2.05 bits per heavy atom. The Labute approximate surface area is 131 Å². The Bertz CT molecular complexity index is 502. The Kier molecular flexibility index (Phi) is 4.66. The smallest absolute Gasteiger partial charge is 0.320 e. The number of likely N-dealkylation sites (tertiary alicyclic amines) is 2. The van der Waals surface area contributed by atoms with Gasteiger partial charge in [-0.25, -0.2) is 4.79 Å². The minimum absolute atomic E-state index is 0.000960. The van der Waals surface area contributed by atoms with Crippen LogP contribution in [-0.4, -0.2) is 48.1 Å². The number of nitrogens with one attached hydrogen (secondary N) is 1. The van der Waals surface area contributed by atoms with Crippen molar-refractivity contribution in [3.8, 4) is 0 Å². The van der Waals surface area contributed by atoms with E-state index >= 15 is 0 Å². The lowest BCUT2D eigenvalue weighted by Crippen LogP contribution is -2.44. The van der Waals surface area contributed by atoms with Crippen LogP contribution in [-0.2, 0) is 0 Å². The summed E-state index contributed by atoms with van der Waals surface area (Å²) >= 11 is 5.96. The van der Waals surface area contributed by atoms with Gasteiger partial charge in [0.1, 0.15) is 0 Å². The molecule has 1 aromatic rings. The molecule has 114 valence electrons. The van der Waals surface area contributed by atoms with Gasteiger partial charge in [-0.2, -0.15) is 0 Å². The monoisotopic (exact) mass is 307 g/mol. The Morgan fingerprint density at radius 1 is 1.24 bits per heavy atom. The van der Waals surface area contributed by atoms with Crippen molar-refractivity contribution < 1.29 is 4.79 Å². The molecule has 0 radical (unpaired) electrons. The number of rotatable bonds is 3. The first-order valence-electron chi connectivity index (χ1n) is 7.78. The Morgan fingerprint density at radius 3 is 2.81 bits per heavy atom. The highest BCUT2D eigenvalue weighted by Crippen LogP contribution is 2.22. The van der Waals surface area contributed by atoms with Gasteiger partial charge in [0.05, 0.1) is 0 Å². The molecule has 5 heteroatoms. The molecule has 21 heavy (non-hydrogen) atoms. The van der Waals surface area contributed by atoms with E-state index in [2.05, 4.69) is 10.2 Å². The topological polar surface area (TPSA) is 35.6 Å². The van der Waals surface area contributed by atoms with Gasteiger partial charge in [-0.1, -0.05) is 17.7 Å². The molecular weight excluding hydrogens is 286 g/mol. The fraction of sp³-hybridized carbons (Fsp3) is 0.562. The van der Waals surface area contributed by atoms with Gasteiger partial charge in [-0.05, 0) is 57.0 Å². The van der Waals surface area contributed by atoms with E-state index in [1.54, 1.807) is 6.07 Å². The first-order chi connectivity index (χ1) is 10.2. The van der Waals surface area contributed by atoms with Crippen molar-refractivity contribution >= 4 is 23.3 Å². The molecule has 0 aliphatic carbocycles. The summed E-state index contributed by atoms with van der Waals surface area (Å²) in [6.45, 7) is 4.23. The molecule has 2 amide bonds. The van der Waals surface area contributed by atoms with Crippen molar-refractivity contribution in [3.05, 3.63) is 29.3 Å². The third-order valence-electron chi connectivity index (χ3n) is 4.38. The van der Waals surface area contributed by atoms with E-state index in [-0.39, 0.29) is 6.03 Å². The minimum atomic E-state index is -0.000960. The molecule has 3 rings (SSSR count). The standard InChI is InChI=1S/C16H22ClN3O/c17-13-5-3-6-14(11-13)18-16(21)20-10-4-7-15(20)12-19-8-1-2-9-19/h3,5-6,11,15H,1-2,4,7-10,12H2,(H,18,21).